The van der Waals surface area contributed by atoms with E-state index in [0.717, 1.165) is 16.8 Å². The number of pyridine rings is 1. The van der Waals surface area contributed by atoms with Gasteiger partial charge in [0.05, 0.1) is 11.3 Å². The van der Waals surface area contributed by atoms with Gasteiger partial charge in [0.25, 0.3) is 0 Å². The SMILES string of the molecule is Cc1cc(Cl)nc(Cl)c1NCc1ccc(C(=O)O)cc1. The van der Waals surface area contributed by atoms with E-state index < -0.39 is 5.97 Å². The summed E-state index contributed by atoms with van der Waals surface area (Å²) in [6.07, 6.45) is 0. The molecule has 0 aliphatic carbocycles. The minimum absolute atomic E-state index is 0.260. The van der Waals surface area contributed by atoms with Gasteiger partial charge in [-0.05, 0) is 36.2 Å². The van der Waals surface area contributed by atoms with Crippen LogP contribution < -0.4 is 5.32 Å². The van der Waals surface area contributed by atoms with E-state index >= 15 is 0 Å². The molecule has 0 amide bonds. The van der Waals surface area contributed by atoms with Crippen LogP contribution in [0, 0.1) is 6.92 Å². The number of hydrogen-bond donors (Lipinski definition) is 2. The Morgan fingerprint density at radius 1 is 1.30 bits per heavy atom. The zero-order valence-electron chi connectivity index (χ0n) is 10.7. The van der Waals surface area contributed by atoms with E-state index in [-0.39, 0.29) is 5.56 Å². The lowest BCUT2D eigenvalue weighted by molar-refractivity contribution is 0.0697. The van der Waals surface area contributed by atoms with Crippen LogP contribution in [0.4, 0.5) is 5.69 Å². The van der Waals surface area contributed by atoms with Crippen molar-refractivity contribution in [2.24, 2.45) is 0 Å². The molecule has 1 aromatic heterocycles. The number of rotatable bonds is 4. The molecule has 1 aromatic carbocycles. The summed E-state index contributed by atoms with van der Waals surface area (Å²) in [7, 11) is 0. The summed E-state index contributed by atoms with van der Waals surface area (Å²) in [5, 5.41) is 12.7. The Balaban J connectivity index is 2.11. The molecule has 0 aliphatic heterocycles. The first kappa shape index (κ1) is 14.6. The molecule has 0 fully saturated rings. The van der Waals surface area contributed by atoms with Gasteiger partial charge in [-0.1, -0.05) is 35.3 Å². The first-order valence-corrected chi connectivity index (χ1v) is 6.61. The van der Waals surface area contributed by atoms with Crippen molar-refractivity contribution in [2.75, 3.05) is 5.32 Å². The number of aryl methyl sites for hydroxylation is 1. The molecule has 2 N–H and O–H groups in total. The van der Waals surface area contributed by atoms with Crippen LogP contribution in [0.5, 0.6) is 0 Å². The predicted molar refractivity (Wildman–Crippen MR) is 79.7 cm³/mol. The summed E-state index contributed by atoms with van der Waals surface area (Å²) in [4.78, 5) is 14.7. The Bertz CT molecular complexity index is 619. The number of hydrogen-bond acceptors (Lipinski definition) is 3. The Kier molecular flexibility index (Phi) is 4.47. The van der Waals surface area contributed by atoms with E-state index in [1.54, 1.807) is 30.3 Å². The minimum atomic E-state index is -0.940. The van der Waals surface area contributed by atoms with Crippen LogP contribution in [-0.4, -0.2) is 16.1 Å². The summed E-state index contributed by atoms with van der Waals surface area (Å²) < 4.78 is 0. The van der Waals surface area contributed by atoms with E-state index in [1.807, 2.05) is 6.92 Å². The normalized spacial score (nSPS) is 10.3. The van der Waals surface area contributed by atoms with Crippen LogP contribution in [0.25, 0.3) is 0 Å². The van der Waals surface area contributed by atoms with Gasteiger partial charge in [0.15, 0.2) is 5.15 Å². The first-order chi connectivity index (χ1) is 9.47. The third kappa shape index (κ3) is 3.40. The molecular weight excluding hydrogens is 299 g/mol. The molecule has 104 valence electrons. The Morgan fingerprint density at radius 2 is 1.95 bits per heavy atom. The molecule has 0 saturated heterocycles. The molecule has 0 atom stereocenters. The van der Waals surface area contributed by atoms with Crippen molar-refractivity contribution in [1.29, 1.82) is 0 Å². The third-order valence-electron chi connectivity index (χ3n) is 2.81. The van der Waals surface area contributed by atoms with E-state index in [4.69, 9.17) is 28.3 Å². The van der Waals surface area contributed by atoms with Gasteiger partial charge in [-0.2, -0.15) is 0 Å². The van der Waals surface area contributed by atoms with Crippen LogP contribution in [0.2, 0.25) is 10.3 Å². The van der Waals surface area contributed by atoms with Crippen LogP contribution in [-0.2, 0) is 6.54 Å². The van der Waals surface area contributed by atoms with E-state index in [9.17, 15) is 4.79 Å². The average Bonchev–Trinajstić information content (AvgIpc) is 2.38. The fraction of sp³-hybridized carbons (Fsp3) is 0.143. The smallest absolute Gasteiger partial charge is 0.335 e. The predicted octanol–water partition coefficient (Wildman–Crippen LogP) is 4.01. The van der Waals surface area contributed by atoms with Crippen LogP contribution >= 0.6 is 23.2 Å². The Morgan fingerprint density at radius 3 is 2.50 bits per heavy atom. The second-order valence-corrected chi connectivity index (χ2v) is 5.03. The van der Waals surface area contributed by atoms with Gasteiger partial charge >= 0.3 is 5.97 Å². The first-order valence-electron chi connectivity index (χ1n) is 5.86. The molecule has 0 spiro atoms. The largest absolute Gasteiger partial charge is 0.478 e. The zero-order valence-corrected chi connectivity index (χ0v) is 12.2. The highest BCUT2D eigenvalue weighted by Crippen LogP contribution is 2.26. The van der Waals surface area contributed by atoms with Gasteiger partial charge < -0.3 is 10.4 Å². The molecule has 20 heavy (non-hydrogen) atoms. The summed E-state index contributed by atoms with van der Waals surface area (Å²) in [6.45, 7) is 2.40. The molecule has 0 unspecified atom stereocenters. The number of anilines is 1. The summed E-state index contributed by atoms with van der Waals surface area (Å²) in [5.41, 5.74) is 2.83. The minimum Gasteiger partial charge on any atom is -0.478 e. The number of nitrogens with one attached hydrogen (secondary N) is 1. The van der Waals surface area contributed by atoms with Gasteiger partial charge in [0.2, 0.25) is 0 Å². The van der Waals surface area contributed by atoms with E-state index in [2.05, 4.69) is 10.3 Å². The maximum absolute atomic E-state index is 10.8. The standard InChI is InChI=1S/C14H12Cl2N2O2/c1-8-6-11(15)18-13(16)12(8)17-7-9-2-4-10(5-3-9)14(19)20/h2-6,17H,7H2,1H3,(H,19,20). The van der Waals surface area contributed by atoms with E-state index in [0.29, 0.717) is 16.9 Å². The van der Waals surface area contributed by atoms with Crippen LogP contribution in [0.15, 0.2) is 30.3 Å². The topological polar surface area (TPSA) is 62.2 Å². The maximum Gasteiger partial charge on any atom is 0.335 e. The van der Waals surface area contributed by atoms with Gasteiger partial charge in [-0.3, -0.25) is 0 Å². The summed E-state index contributed by atoms with van der Waals surface area (Å²) >= 11 is 11.8. The molecule has 0 aliphatic rings. The van der Waals surface area contributed by atoms with Gasteiger partial charge in [0, 0.05) is 6.54 Å². The van der Waals surface area contributed by atoms with Crippen molar-refractivity contribution in [3.63, 3.8) is 0 Å². The molecular formula is C14H12Cl2N2O2. The molecule has 1 heterocycles. The highest BCUT2D eigenvalue weighted by Gasteiger charge is 2.07. The number of carboxylic acids is 1. The zero-order chi connectivity index (χ0) is 14.7. The average molecular weight is 311 g/mol. The van der Waals surface area contributed by atoms with Gasteiger partial charge in [-0.25, -0.2) is 9.78 Å². The lowest BCUT2D eigenvalue weighted by atomic mass is 10.1. The molecule has 0 radical (unpaired) electrons. The number of nitrogens with zero attached hydrogens (tertiary/aromatic N) is 1. The van der Waals surface area contributed by atoms with Crippen molar-refractivity contribution in [2.45, 2.75) is 13.5 Å². The van der Waals surface area contributed by atoms with Crippen molar-refractivity contribution in [1.82, 2.24) is 4.98 Å². The number of carbonyl (C=O) groups is 1. The highest BCUT2D eigenvalue weighted by atomic mass is 35.5. The number of aromatic carboxylic acids is 1. The van der Waals surface area contributed by atoms with Gasteiger partial charge in [-0.15, -0.1) is 0 Å². The third-order valence-corrected chi connectivity index (χ3v) is 3.28. The lowest BCUT2D eigenvalue weighted by Gasteiger charge is -2.11. The Labute approximate surface area is 126 Å². The second-order valence-electron chi connectivity index (χ2n) is 4.28. The van der Waals surface area contributed by atoms with Crippen molar-refractivity contribution in [3.05, 3.63) is 57.3 Å². The highest BCUT2D eigenvalue weighted by molar-refractivity contribution is 6.34. The molecule has 2 aromatic rings. The quantitative estimate of drug-likeness (QED) is 0.838. The van der Waals surface area contributed by atoms with Crippen LogP contribution in [0.3, 0.4) is 0 Å². The van der Waals surface area contributed by atoms with Crippen molar-refractivity contribution in [3.8, 4) is 0 Å². The monoisotopic (exact) mass is 310 g/mol. The fourth-order valence-corrected chi connectivity index (χ4v) is 2.36. The molecule has 0 bridgehead atoms. The van der Waals surface area contributed by atoms with E-state index in [1.165, 1.54) is 0 Å². The molecule has 4 nitrogen and oxygen atoms in total. The summed E-state index contributed by atoms with van der Waals surface area (Å²) in [6, 6.07) is 8.36. The molecule has 2 rings (SSSR count). The molecule has 0 saturated carbocycles. The second kappa shape index (κ2) is 6.11. The van der Waals surface area contributed by atoms with Gasteiger partial charge in [0.1, 0.15) is 5.15 Å². The number of carboxylic acid groups (broad SMARTS) is 1. The van der Waals surface area contributed by atoms with Crippen molar-refractivity contribution < 1.29 is 9.90 Å². The lowest BCUT2D eigenvalue weighted by Crippen LogP contribution is -2.03. The summed E-state index contributed by atoms with van der Waals surface area (Å²) in [5.74, 6) is -0.940. The number of benzene rings is 1. The van der Waals surface area contributed by atoms with Crippen LogP contribution in [0.1, 0.15) is 21.5 Å². The van der Waals surface area contributed by atoms with Crippen molar-refractivity contribution >= 4 is 34.9 Å². The Hall–Kier alpha value is -1.78. The molecule has 6 heteroatoms. The fourth-order valence-electron chi connectivity index (χ4n) is 1.76. The number of aromatic nitrogens is 1. The number of halogens is 2. The maximum atomic E-state index is 10.8.